The summed E-state index contributed by atoms with van der Waals surface area (Å²) < 4.78 is 5.62. The third kappa shape index (κ3) is 4.19. The lowest BCUT2D eigenvalue weighted by Crippen LogP contribution is -2.39. The van der Waals surface area contributed by atoms with Gasteiger partial charge in [0.05, 0.1) is 23.4 Å². The molecule has 2 aliphatic rings. The van der Waals surface area contributed by atoms with Crippen LogP contribution in [0.15, 0.2) is 75.8 Å². The molecule has 1 atom stereocenters. The summed E-state index contributed by atoms with van der Waals surface area (Å²) in [6, 6.07) is 14.9. The number of carbonyl (C=O) groups is 1. The molecule has 31 heavy (non-hydrogen) atoms. The highest BCUT2D eigenvalue weighted by Crippen LogP contribution is 2.34. The van der Waals surface area contributed by atoms with Gasteiger partial charge in [0.15, 0.2) is 0 Å². The Morgan fingerprint density at radius 1 is 1.19 bits per heavy atom. The molecule has 0 spiro atoms. The summed E-state index contributed by atoms with van der Waals surface area (Å²) in [5.41, 5.74) is 3.29. The van der Waals surface area contributed by atoms with E-state index < -0.39 is 0 Å². The van der Waals surface area contributed by atoms with Crippen LogP contribution in [-0.2, 0) is 4.79 Å². The Kier molecular flexibility index (Phi) is 5.44. The van der Waals surface area contributed by atoms with Gasteiger partial charge in [-0.1, -0.05) is 24.3 Å². The summed E-state index contributed by atoms with van der Waals surface area (Å²) >= 11 is 1.63. The molecule has 0 saturated carbocycles. The predicted octanol–water partition coefficient (Wildman–Crippen LogP) is 4.51. The van der Waals surface area contributed by atoms with Gasteiger partial charge in [-0.15, -0.1) is 11.3 Å². The molecular weight excluding hydrogens is 410 g/mol. The van der Waals surface area contributed by atoms with E-state index in [1.54, 1.807) is 34.7 Å². The van der Waals surface area contributed by atoms with E-state index in [0.29, 0.717) is 19.5 Å². The van der Waals surface area contributed by atoms with E-state index >= 15 is 0 Å². The van der Waals surface area contributed by atoms with Gasteiger partial charge in [-0.25, -0.2) is 5.01 Å². The van der Waals surface area contributed by atoms with Crippen molar-refractivity contribution in [3.05, 3.63) is 82.5 Å². The summed E-state index contributed by atoms with van der Waals surface area (Å²) in [6.45, 7) is 1.83. The van der Waals surface area contributed by atoms with Crippen LogP contribution in [0.5, 0.6) is 5.75 Å². The lowest BCUT2D eigenvalue weighted by Gasteiger charge is -2.28. The van der Waals surface area contributed by atoms with E-state index in [9.17, 15) is 9.90 Å². The first-order chi connectivity index (χ1) is 15.2. The Labute approximate surface area is 184 Å². The normalized spacial score (nSPS) is 19.4. The third-order valence-electron chi connectivity index (χ3n) is 5.73. The largest absolute Gasteiger partial charge is 0.508 e. The molecule has 0 radical (unpaired) electrons. The van der Waals surface area contributed by atoms with E-state index in [0.717, 1.165) is 34.9 Å². The van der Waals surface area contributed by atoms with Gasteiger partial charge in [-0.05, 0) is 53.3 Å². The number of hydrogen-bond acceptors (Lipinski definition) is 6. The van der Waals surface area contributed by atoms with Crippen LogP contribution in [0, 0.1) is 0 Å². The van der Waals surface area contributed by atoms with Crippen molar-refractivity contribution in [1.82, 2.24) is 9.91 Å². The van der Waals surface area contributed by atoms with Gasteiger partial charge in [0.2, 0.25) is 0 Å². The molecule has 2 aromatic heterocycles. The lowest BCUT2D eigenvalue weighted by atomic mass is 9.99. The first-order valence-corrected chi connectivity index (χ1v) is 11.2. The quantitative estimate of drug-likeness (QED) is 0.643. The number of thiophene rings is 1. The van der Waals surface area contributed by atoms with Crippen LogP contribution in [0.4, 0.5) is 0 Å². The van der Waals surface area contributed by atoms with Crippen molar-refractivity contribution in [1.29, 1.82) is 0 Å². The summed E-state index contributed by atoms with van der Waals surface area (Å²) in [5.74, 6) is 1.01. The first kappa shape index (κ1) is 19.8. The Hall–Kier alpha value is -3.16. The van der Waals surface area contributed by atoms with Gasteiger partial charge in [0, 0.05) is 19.5 Å². The van der Waals surface area contributed by atoms with Crippen LogP contribution in [-0.4, -0.2) is 46.3 Å². The Balaban J connectivity index is 1.29. The van der Waals surface area contributed by atoms with E-state index in [4.69, 9.17) is 4.42 Å². The van der Waals surface area contributed by atoms with E-state index in [1.165, 1.54) is 5.57 Å². The molecule has 7 heteroatoms. The number of furan rings is 1. The number of phenols is 1. The molecule has 3 aromatic rings. The molecule has 0 saturated heterocycles. The van der Waals surface area contributed by atoms with Crippen molar-refractivity contribution in [2.45, 2.75) is 18.9 Å². The lowest BCUT2D eigenvalue weighted by molar-refractivity contribution is -0.134. The van der Waals surface area contributed by atoms with Crippen molar-refractivity contribution >= 4 is 28.5 Å². The van der Waals surface area contributed by atoms with Gasteiger partial charge >= 0.3 is 0 Å². The number of benzene rings is 1. The second-order valence-electron chi connectivity index (χ2n) is 7.76. The maximum atomic E-state index is 13.2. The minimum Gasteiger partial charge on any atom is -0.508 e. The molecule has 0 aliphatic carbocycles. The maximum absolute atomic E-state index is 13.2. The number of phenolic OH excluding ortho intramolecular Hbond substituents is 1. The van der Waals surface area contributed by atoms with E-state index in [2.05, 4.69) is 16.1 Å². The second-order valence-corrected chi connectivity index (χ2v) is 8.71. The molecular formula is C24H23N3O3S. The Bertz CT molecular complexity index is 1100. The highest BCUT2D eigenvalue weighted by molar-refractivity contribution is 7.12. The number of rotatable bonds is 5. The van der Waals surface area contributed by atoms with Gasteiger partial charge in [0.1, 0.15) is 17.6 Å². The Morgan fingerprint density at radius 3 is 2.74 bits per heavy atom. The number of amides is 1. The zero-order valence-corrected chi connectivity index (χ0v) is 17.8. The molecule has 2 aliphatic heterocycles. The highest BCUT2D eigenvalue weighted by atomic mass is 32.1. The first-order valence-electron chi connectivity index (χ1n) is 10.3. The fraction of sp³-hybridized carbons (Fsp3) is 0.250. The molecule has 6 nitrogen and oxygen atoms in total. The molecule has 1 aromatic carbocycles. The van der Waals surface area contributed by atoms with E-state index in [1.807, 2.05) is 41.8 Å². The number of hydrogen-bond donors (Lipinski definition) is 1. The fourth-order valence-corrected chi connectivity index (χ4v) is 4.81. The SMILES string of the molecule is O=C(CN1CC=C(c2ccc(O)cc2)CC1)N1N=C(c2cccs2)CC1c1ccco1. The van der Waals surface area contributed by atoms with Crippen LogP contribution < -0.4 is 0 Å². The third-order valence-corrected chi connectivity index (χ3v) is 6.65. The summed E-state index contributed by atoms with van der Waals surface area (Å²) in [7, 11) is 0. The molecule has 1 amide bonds. The topological polar surface area (TPSA) is 69.3 Å². The average Bonchev–Trinajstić information content (AvgIpc) is 3.56. The summed E-state index contributed by atoms with van der Waals surface area (Å²) in [5, 5.41) is 17.8. The zero-order chi connectivity index (χ0) is 21.2. The molecule has 158 valence electrons. The van der Waals surface area contributed by atoms with Gasteiger partial charge in [0.25, 0.3) is 5.91 Å². The van der Waals surface area contributed by atoms with Crippen molar-refractivity contribution in [2.75, 3.05) is 19.6 Å². The van der Waals surface area contributed by atoms with Crippen LogP contribution in [0.3, 0.4) is 0 Å². The highest BCUT2D eigenvalue weighted by Gasteiger charge is 2.35. The minimum atomic E-state index is -0.201. The van der Waals surface area contributed by atoms with Crippen molar-refractivity contribution in [3.8, 4) is 5.75 Å². The zero-order valence-electron chi connectivity index (χ0n) is 17.0. The molecule has 1 N–H and O–H groups in total. The average molecular weight is 434 g/mol. The molecule has 0 bridgehead atoms. The number of hydrazone groups is 1. The Morgan fingerprint density at radius 2 is 2.06 bits per heavy atom. The summed E-state index contributed by atoms with van der Waals surface area (Å²) in [4.78, 5) is 16.4. The number of aromatic hydroxyl groups is 1. The van der Waals surface area contributed by atoms with Gasteiger partial charge in [-0.2, -0.15) is 5.10 Å². The maximum Gasteiger partial charge on any atom is 0.257 e. The number of carbonyl (C=O) groups excluding carboxylic acids is 1. The van der Waals surface area contributed by atoms with E-state index in [-0.39, 0.29) is 17.7 Å². The van der Waals surface area contributed by atoms with Crippen molar-refractivity contribution in [2.24, 2.45) is 5.10 Å². The van der Waals surface area contributed by atoms with Gasteiger partial charge in [-0.3, -0.25) is 9.69 Å². The monoisotopic (exact) mass is 433 g/mol. The summed E-state index contributed by atoms with van der Waals surface area (Å²) in [6.07, 6.45) is 5.33. The number of nitrogens with zero attached hydrogens (tertiary/aromatic N) is 3. The van der Waals surface area contributed by atoms with Crippen LogP contribution in [0.25, 0.3) is 5.57 Å². The molecule has 1 unspecified atom stereocenters. The standard InChI is InChI=1S/C24H23N3O3S/c28-19-7-5-17(6-8-19)18-9-11-26(12-10-18)16-24(29)27-21(22-3-1-13-30-22)15-20(25-27)23-4-2-14-31-23/h1-9,13-14,21,28H,10-12,15-16H2. The fourth-order valence-electron chi connectivity index (χ4n) is 4.09. The molecule has 5 rings (SSSR count). The molecule has 0 fully saturated rings. The van der Waals surface area contributed by atoms with Crippen molar-refractivity contribution in [3.63, 3.8) is 0 Å². The van der Waals surface area contributed by atoms with Gasteiger partial charge < -0.3 is 9.52 Å². The van der Waals surface area contributed by atoms with Crippen LogP contribution in [0.2, 0.25) is 0 Å². The minimum absolute atomic E-state index is 0.0190. The van der Waals surface area contributed by atoms with Crippen LogP contribution >= 0.6 is 11.3 Å². The predicted molar refractivity (Wildman–Crippen MR) is 121 cm³/mol. The van der Waals surface area contributed by atoms with Crippen LogP contribution in [0.1, 0.15) is 35.1 Å². The van der Waals surface area contributed by atoms with Crippen molar-refractivity contribution < 1.29 is 14.3 Å². The second kappa shape index (κ2) is 8.53. The molecule has 4 heterocycles. The smallest absolute Gasteiger partial charge is 0.257 e.